The number of oxazole rings is 1. The molecule has 1 aromatic heterocycles. The smallest absolute Gasteiger partial charge is 0.383 e. The quantitative estimate of drug-likeness (QED) is 0.459. The molecule has 0 radical (unpaired) electrons. The molecule has 0 saturated carbocycles. The Bertz CT molecular complexity index is 1040. The van der Waals surface area contributed by atoms with E-state index >= 15 is 0 Å². The van der Waals surface area contributed by atoms with Crippen LogP contribution in [0.3, 0.4) is 0 Å². The van der Waals surface area contributed by atoms with Gasteiger partial charge in [-0.2, -0.15) is 8.78 Å². The van der Waals surface area contributed by atoms with Crippen molar-refractivity contribution in [1.29, 1.82) is 0 Å². The first kappa shape index (κ1) is 16.1. The Balaban J connectivity index is 1.65. The second kappa shape index (κ2) is 6.19. The van der Waals surface area contributed by atoms with Gasteiger partial charge in [-0.1, -0.05) is 66.7 Å². The van der Waals surface area contributed by atoms with E-state index in [1.54, 1.807) is 30.3 Å². The number of halogens is 2. The van der Waals surface area contributed by atoms with Crippen LogP contribution in [0.4, 0.5) is 8.78 Å². The van der Waals surface area contributed by atoms with Crippen LogP contribution in [-0.2, 0) is 5.92 Å². The van der Waals surface area contributed by atoms with Gasteiger partial charge < -0.3 is 4.42 Å². The average Bonchev–Trinajstić information content (AvgIpc) is 3.13. The first-order valence-corrected chi connectivity index (χ1v) is 8.00. The van der Waals surface area contributed by atoms with Crippen LogP contribution in [0.5, 0.6) is 0 Å². The lowest BCUT2D eigenvalue weighted by Crippen LogP contribution is -2.26. The molecule has 0 aliphatic heterocycles. The summed E-state index contributed by atoms with van der Waals surface area (Å²) >= 11 is 0. The number of fused-ring (bicyclic) bond motifs is 1. The van der Waals surface area contributed by atoms with E-state index in [1.807, 2.05) is 30.3 Å². The van der Waals surface area contributed by atoms with Gasteiger partial charge in [0.25, 0.3) is 5.89 Å². The lowest BCUT2D eigenvalue weighted by Gasteiger charge is -2.11. The van der Waals surface area contributed by atoms with Gasteiger partial charge in [0.15, 0.2) is 5.58 Å². The van der Waals surface area contributed by atoms with Crippen LogP contribution in [0.15, 0.2) is 83.3 Å². The molecule has 26 heavy (non-hydrogen) atoms. The van der Waals surface area contributed by atoms with Gasteiger partial charge in [-0.3, -0.25) is 4.79 Å². The van der Waals surface area contributed by atoms with Crippen LogP contribution in [-0.4, -0.2) is 10.8 Å². The molecule has 0 saturated heterocycles. The third-order valence-corrected chi connectivity index (χ3v) is 4.10. The molecule has 0 atom stereocenters. The maximum absolute atomic E-state index is 14.6. The van der Waals surface area contributed by atoms with Crippen LogP contribution < -0.4 is 0 Å². The van der Waals surface area contributed by atoms with E-state index in [2.05, 4.69) is 4.98 Å². The molecule has 4 rings (SSSR count). The second-order valence-electron chi connectivity index (χ2n) is 5.83. The maximum atomic E-state index is 14.6. The van der Waals surface area contributed by atoms with Gasteiger partial charge in [-0.15, -0.1) is 0 Å². The Morgan fingerprint density at radius 3 is 2.12 bits per heavy atom. The van der Waals surface area contributed by atoms with Gasteiger partial charge in [0.05, 0.1) is 0 Å². The minimum absolute atomic E-state index is 0.100. The predicted molar refractivity (Wildman–Crippen MR) is 94.1 cm³/mol. The number of Topliss-reactive ketones (excluding diaryl/α,β-unsaturated/α-hetero) is 1. The molecular formula is C21H13F2NO2. The SMILES string of the molecule is O=C(c1ccc(-c2ccccc2)cc1)C(F)(F)c1nc2ccccc2o1. The molecule has 1 heterocycles. The average molecular weight is 349 g/mol. The van der Waals surface area contributed by atoms with Crippen molar-refractivity contribution in [2.45, 2.75) is 5.92 Å². The normalized spacial score (nSPS) is 11.6. The molecule has 0 N–H and O–H groups in total. The van der Waals surface area contributed by atoms with E-state index in [0.717, 1.165) is 11.1 Å². The summed E-state index contributed by atoms with van der Waals surface area (Å²) in [4.78, 5) is 16.1. The lowest BCUT2D eigenvalue weighted by atomic mass is 10.0. The van der Waals surface area contributed by atoms with Crippen LogP contribution in [0, 0.1) is 0 Å². The van der Waals surface area contributed by atoms with Gasteiger partial charge in [0.1, 0.15) is 5.52 Å². The molecular weight excluding hydrogens is 336 g/mol. The Hall–Kier alpha value is -3.34. The molecule has 0 spiro atoms. The monoisotopic (exact) mass is 349 g/mol. The number of rotatable bonds is 4. The highest BCUT2D eigenvalue weighted by molar-refractivity contribution is 6.01. The molecule has 0 fully saturated rings. The molecule has 5 heteroatoms. The zero-order valence-electron chi connectivity index (χ0n) is 13.5. The zero-order chi connectivity index (χ0) is 18.1. The summed E-state index contributed by atoms with van der Waals surface area (Å²) in [7, 11) is 0. The van der Waals surface area contributed by atoms with Gasteiger partial charge in [-0.25, -0.2) is 4.98 Å². The van der Waals surface area contributed by atoms with Crippen molar-refractivity contribution in [1.82, 2.24) is 4.98 Å². The highest BCUT2D eigenvalue weighted by atomic mass is 19.3. The molecule has 0 bridgehead atoms. The number of benzene rings is 3. The van der Waals surface area contributed by atoms with Crippen LogP contribution >= 0.6 is 0 Å². The third kappa shape index (κ3) is 2.77. The highest BCUT2D eigenvalue weighted by Gasteiger charge is 2.46. The third-order valence-electron chi connectivity index (χ3n) is 4.10. The molecule has 4 aromatic rings. The Morgan fingerprint density at radius 1 is 0.808 bits per heavy atom. The number of aromatic nitrogens is 1. The number of carbonyl (C=O) groups excluding carboxylic acids is 1. The summed E-state index contributed by atoms with van der Waals surface area (Å²) < 4.78 is 34.3. The first-order valence-electron chi connectivity index (χ1n) is 8.00. The number of carbonyl (C=O) groups is 1. The lowest BCUT2D eigenvalue weighted by molar-refractivity contribution is -0.00923. The highest BCUT2D eigenvalue weighted by Crippen LogP contribution is 2.34. The van der Waals surface area contributed by atoms with Crippen molar-refractivity contribution in [2.24, 2.45) is 0 Å². The first-order chi connectivity index (χ1) is 12.6. The molecule has 0 unspecified atom stereocenters. The zero-order valence-corrected chi connectivity index (χ0v) is 13.5. The number of nitrogens with zero attached hydrogens (tertiary/aromatic N) is 1. The fourth-order valence-electron chi connectivity index (χ4n) is 2.73. The number of para-hydroxylation sites is 2. The maximum Gasteiger partial charge on any atom is 0.383 e. The summed E-state index contributed by atoms with van der Waals surface area (Å²) in [5.74, 6) is -6.08. The standard InChI is InChI=1S/C21H13F2NO2/c22-21(23,20-24-17-8-4-5-9-18(17)26-20)19(25)16-12-10-15(11-13-16)14-6-2-1-3-7-14/h1-13H. The van der Waals surface area contributed by atoms with E-state index < -0.39 is 17.6 Å². The van der Waals surface area contributed by atoms with E-state index in [-0.39, 0.29) is 16.7 Å². The van der Waals surface area contributed by atoms with Crippen molar-refractivity contribution in [3.8, 4) is 11.1 Å². The van der Waals surface area contributed by atoms with Gasteiger partial charge in [-0.05, 0) is 23.3 Å². The van der Waals surface area contributed by atoms with E-state index in [4.69, 9.17) is 4.42 Å². The Labute approximate surface area is 147 Å². The van der Waals surface area contributed by atoms with Crippen LogP contribution in [0.25, 0.3) is 22.2 Å². The summed E-state index contributed by atoms with van der Waals surface area (Å²) in [5.41, 5.74) is 2.19. The number of alkyl halides is 2. The Kier molecular flexibility index (Phi) is 3.84. The van der Waals surface area contributed by atoms with Crippen molar-refractivity contribution < 1.29 is 18.0 Å². The molecule has 3 aromatic carbocycles. The number of hydrogen-bond acceptors (Lipinski definition) is 3. The van der Waals surface area contributed by atoms with E-state index in [0.29, 0.717) is 0 Å². The summed E-state index contributed by atoms with van der Waals surface area (Å²) in [5, 5.41) is 0. The van der Waals surface area contributed by atoms with Gasteiger partial charge >= 0.3 is 5.92 Å². The Morgan fingerprint density at radius 2 is 1.42 bits per heavy atom. The van der Waals surface area contributed by atoms with Gasteiger partial charge in [0.2, 0.25) is 5.78 Å². The van der Waals surface area contributed by atoms with Gasteiger partial charge in [0, 0.05) is 5.56 Å². The predicted octanol–water partition coefficient (Wildman–Crippen LogP) is 5.47. The minimum Gasteiger partial charge on any atom is -0.435 e. The minimum atomic E-state index is -3.84. The molecule has 128 valence electrons. The molecule has 3 nitrogen and oxygen atoms in total. The fourth-order valence-corrected chi connectivity index (χ4v) is 2.73. The fraction of sp³-hybridized carbons (Fsp3) is 0.0476. The molecule has 0 amide bonds. The number of ketones is 1. The summed E-state index contributed by atoms with van der Waals surface area (Å²) in [6.07, 6.45) is 0. The second-order valence-corrected chi connectivity index (χ2v) is 5.83. The van der Waals surface area contributed by atoms with Crippen molar-refractivity contribution in [3.63, 3.8) is 0 Å². The van der Waals surface area contributed by atoms with E-state index in [9.17, 15) is 13.6 Å². The molecule has 0 aliphatic carbocycles. The van der Waals surface area contributed by atoms with Crippen molar-refractivity contribution >= 4 is 16.9 Å². The molecule has 0 aliphatic rings. The number of hydrogen-bond donors (Lipinski definition) is 0. The summed E-state index contributed by atoms with van der Waals surface area (Å²) in [6, 6.07) is 21.9. The van der Waals surface area contributed by atoms with Crippen LogP contribution in [0.2, 0.25) is 0 Å². The van der Waals surface area contributed by atoms with Crippen LogP contribution in [0.1, 0.15) is 16.2 Å². The van der Waals surface area contributed by atoms with E-state index in [1.165, 1.54) is 18.2 Å². The topological polar surface area (TPSA) is 43.1 Å². The summed E-state index contributed by atoms with van der Waals surface area (Å²) in [6.45, 7) is 0. The van der Waals surface area contributed by atoms with Crippen molar-refractivity contribution in [2.75, 3.05) is 0 Å². The van der Waals surface area contributed by atoms with Crippen molar-refractivity contribution in [3.05, 3.63) is 90.3 Å². The largest absolute Gasteiger partial charge is 0.435 e.